The number of hydrogen-bond donors (Lipinski definition) is 1. The first kappa shape index (κ1) is 10.5. The van der Waals surface area contributed by atoms with Crippen molar-refractivity contribution in [3.05, 3.63) is 54.1 Å². The molecule has 0 aliphatic heterocycles. The Morgan fingerprint density at radius 1 is 1.11 bits per heavy atom. The number of aromatic carboxylic acids is 1. The fraction of sp³-hybridized carbons (Fsp3) is 0. The predicted octanol–water partition coefficient (Wildman–Crippen LogP) is 1.59. The number of hydrogen-bond acceptors (Lipinski definition) is 3. The van der Waals surface area contributed by atoms with E-state index in [9.17, 15) is 9.90 Å². The average molecular weight is 237 g/mol. The number of fused-ring (bicyclic) bond motifs is 1. The zero-order valence-electron chi connectivity index (χ0n) is 9.38. The number of carboxylic acids is 1. The highest BCUT2D eigenvalue weighted by molar-refractivity contribution is 5.91. The molecule has 3 rings (SSSR count). The number of imidazole rings is 1. The molecule has 3 aromatic rings. The molecule has 88 valence electrons. The predicted molar refractivity (Wildman–Crippen MR) is 65.9 cm³/mol. The van der Waals surface area contributed by atoms with Crippen LogP contribution in [0.25, 0.3) is 22.4 Å². The number of aromatic nitrogens is 2. The first-order valence-corrected chi connectivity index (χ1v) is 5.50. The summed E-state index contributed by atoms with van der Waals surface area (Å²) in [6.07, 6.45) is 0. The number of benzene rings is 2. The molecule has 0 fully saturated rings. The van der Waals surface area contributed by atoms with Crippen molar-refractivity contribution in [2.24, 2.45) is 0 Å². The van der Waals surface area contributed by atoms with Gasteiger partial charge >= 0.3 is 0 Å². The summed E-state index contributed by atoms with van der Waals surface area (Å²) in [6.45, 7) is 0. The Morgan fingerprint density at radius 3 is 2.61 bits per heavy atom. The van der Waals surface area contributed by atoms with E-state index in [2.05, 4.69) is 9.97 Å². The van der Waals surface area contributed by atoms with Crippen LogP contribution >= 0.6 is 0 Å². The van der Waals surface area contributed by atoms with E-state index in [1.165, 1.54) is 12.1 Å². The van der Waals surface area contributed by atoms with Gasteiger partial charge in [0.2, 0.25) is 0 Å². The molecule has 0 aliphatic carbocycles. The molecule has 4 nitrogen and oxygen atoms in total. The SMILES string of the molecule is O=C([O-])c1ccc2nc(-c3ccccc3)[nH]c2c1. The Kier molecular flexibility index (Phi) is 2.34. The fourth-order valence-electron chi connectivity index (χ4n) is 1.87. The van der Waals surface area contributed by atoms with Crippen molar-refractivity contribution in [2.45, 2.75) is 0 Å². The number of carboxylic acid groups (broad SMARTS) is 1. The van der Waals surface area contributed by atoms with Crippen LogP contribution in [-0.4, -0.2) is 15.9 Å². The van der Waals surface area contributed by atoms with Crippen molar-refractivity contribution < 1.29 is 9.90 Å². The number of rotatable bonds is 2. The molecule has 0 amide bonds. The summed E-state index contributed by atoms with van der Waals surface area (Å²) in [5, 5.41) is 10.8. The normalized spacial score (nSPS) is 10.7. The van der Waals surface area contributed by atoms with Gasteiger partial charge in [-0.2, -0.15) is 0 Å². The zero-order chi connectivity index (χ0) is 12.5. The van der Waals surface area contributed by atoms with E-state index >= 15 is 0 Å². The lowest BCUT2D eigenvalue weighted by molar-refractivity contribution is -0.255. The second kappa shape index (κ2) is 4.00. The maximum atomic E-state index is 10.8. The second-order valence-electron chi connectivity index (χ2n) is 3.97. The minimum atomic E-state index is -1.19. The third kappa shape index (κ3) is 1.73. The standard InChI is InChI=1S/C14H10N2O2/c17-14(18)10-6-7-11-12(8-10)16-13(15-11)9-4-2-1-3-5-9/h1-8H,(H,15,16)(H,17,18)/p-1. The first-order chi connectivity index (χ1) is 8.74. The van der Waals surface area contributed by atoms with Crippen molar-refractivity contribution in [1.29, 1.82) is 0 Å². The molecule has 2 aromatic carbocycles. The Labute approximate surface area is 103 Å². The monoisotopic (exact) mass is 237 g/mol. The van der Waals surface area contributed by atoms with E-state index in [0.29, 0.717) is 5.52 Å². The van der Waals surface area contributed by atoms with Gasteiger partial charge in [0, 0.05) is 5.56 Å². The maximum Gasteiger partial charge on any atom is 0.138 e. The Bertz CT molecular complexity index is 717. The van der Waals surface area contributed by atoms with Gasteiger partial charge in [-0.05, 0) is 17.7 Å². The lowest BCUT2D eigenvalue weighted by Crippen LogP contribution is -2.21. The molecule has 1 heterocycles. The lowest BCUT2D eigenvalue weighted by Gasteiger charge is -2.00. The number of aromatic amines is 1. The largest absolute Gasteiger partial charge is 0.545 e. The molecule has 18 heavy (non-hydrogen) atoms. The highest BCUT2D eigenvalue weighted by Gasteiger charge is 2.05. The van der Waals surface area contributed by atoms with Gasteiger partial charge in [-0.1, -0.05) is 36.4 Å². The van der Waals surface area contributed by atoms with Crippen LogP contribution in [0.2, 0.25) is 0 Å². The summed E-state index contributed by atoms with van der Waals surface area (Å²) in [7, 11) is 0. The van der Waals surface area contributed by atoms with E-state index in [0.717, 1.165) is 16.9 Å². The highest BCUT2D eigenvalue weighted by atomic mass is 16.4. The molecule has 0 spiro atoms. The van der Waals surface area contributed by atoms with Crippen LogP contribution in [0.5, 0.6) is 0 Å². The number of carbonyl (C=O) groups excluding carboxylic acids is 1. The molecule has 0 atom stereocenters. The van der Waals surface area contributed by atoms with Gasteiger partial charge in [-0.3, -0.25) is 0 Å². The van der Waals surface area contributed by atoms with Crippen LogP contribution in [0.4, 0.5) is 0 Å². The number of nitrogens with one attached hydrogen (secondary N) is 1. The number of nitrogens with zero attached hydrogens (tertiary/aromatic N) is 1. The van der Waals surface area contributed by atoms with E-state index < -0.39 is 5.97 Å². The summed E-state index contributed by atoms with van der Waals surface area (Å²) in [5.41, 5.74) is 2.53. The van der Waals surface area contributed by atoms with Crippen LogP contribution in [0.15, 0.2) is 48.5 Å². The van der Waals surface area contributed by atoms with Crippen molar-refractivity contribution >= 4 is 17.0 Å². The van der Waals surface area contributed by atoms with Gasteiger partial charge in [-0.15, -0.1) is 0 Å². The third-order valence-corrected chi connectivity index (χ3v) is 2.76. The molecular weight excluding hydrogens is 228 g/mol. The van der Waals surface area contributed by atoms with Gasteiger partial charge in [0.1, 0.15) is 5.82 Å². The van der Waals surface area contributed by atoms with Crippen LogP contribution < -0.4 is 5.11 Å². The topological polar surface area (TPSA) is 68.8 Å². The number of H-pyrrole nitrogens is 1. The number of carbonyl (C=O) groups is 1. The maximum absolute atomic E-state index is 10.8. The van der Waals surface area contributed by atoms with Crippen molar-refractivity contribution in [1.82, 2.24) is 9.97 Å². The Balaban J connectivity index is 2.14. The van der Waals surface area contributed by atoms with Gasteiger partial charge in [-0.25, -0.2) is 4.98 Å². The first-order valence-electron chi connectivity index (χ1n) is 5.50. The van der Waals surface area contributed by atoms with Crippen LogP contribution in [0, 0.1) is 0 Å². The van der Waals surface area contributed by atoms with Crippen LogP contribution in [0.1, 0.15) is 10.4 Å². The molecule has 0 bridgehead atoms. The summed E-state index contributed by atoms with van der Waals surface area (Å²) < 4.78 is 0. The molecule has 4 heteroatoms. The van der Waals surface area contributed by atoms with Crippen molar-refractivity contribution in [2.75, 3.05) is 0 Å². The quantitative estimate of drug-likeness (QED) is 0.735. The molecule has 0 saturated carbocycles. The van der Waals surface area contributed by atoms with Crippen LogP contribution in [0.3, 0.4) is 0 Å². The van der Waals surface area contributed by atoms with Gasteiger partial charge in [0.05, 0.1) is 17.0 Å². The third-order valence-electron chi connectivity index (χ3n) is 2.76. The molecular formula is C14H9N2O2-. The fourth-order valence-corrected chi connectivity index (χ4v) is 1.87. The van der Waals surface area contributed by atoms with E-state index in [1.54, 1.807) is 6.07 Å². The van der Waals surface area contributed by atoms with E-state index in [1.807, 2.05) is 30.3 Å². The minimum Gasteiger partial charge on any atom is -0.545 e. The minimum absolute atomic E-state index is 0.144. The summed E-state index contributed by atoms with van der Waals surface area (Å²) in [5.74, 6) is -0.464. The van der Waals surface area contributed by atoms with E-state index in [-0.39, 0.29) is 5.56 Å². The lowest BCUT2D eigenvalue weighted by atomic mass is 10.2. The molecule has 0 saturated heterocycles. The van der Waals surface area contributed by atoms with E-state index in [4.69, 9.17) is 0 Å². The van der Waals surface area contributed by atoms with Crippen molar-refractivity contribution in [3.8, 4) is 11.4 Å². The molecule has 0 unspecified atom stereocenters. The Hall–Kier alpha value is -2.62. The summed E-state index contributed by atoms with van der Waals surface area (Å²) in [6, 6.07) is 14.4. The molecule has 1 N–H and O–H groups in total. The van der Waals surface area contributed by atoms with Gasteiger partial charge < -0.3 is 14.9 Å². The van der Waals surface area contributed by atoms with Gasteiger partial charge in [0.25, 0.3) is 0 Å². The smallest absolute Gasteiger partial charge is 0.138 e. The Morgan fingerprint density at radius 2 is 1.89 bits per heavy atom. The van der Waals surface area contributed by atoms with Gasteiger partial charge in [0.15, 0.2) is 0 Å². The highest BCUT2D eigenvalue weighted by Crippen LogP contribution is 2.20. The van der Waals surface area contributed by atoms with Crippen LogP contribution in [-0.2, 0) is 0 Å². The molecule has 1 aromatic heterocycles. The molecule has 0 aliphatic rings. The van der Waals surface area contributed by atoms with Crippen molar-refractivity contribution in [3.63, 3.8) is 0 Å². The summed E-state index contributed by atoms with van der Waals surface area (Å²) >= 11 is 0. The average Bonchev–Trinajstić information content (AvgIpc) is 2.82. The second-order valence-corrected chi connectivity index (χ2v) is 3.97. The molecule has 0 radical (unpaired) electrons. The summed E-state index contributed by atoms with van der Waals surface area (Å²) in [4.78, 5) is 18.3. The zero-order valence-corrected chi connectivity index (χ0v) is 9.38.